The Balaban J connectivity index is 2.38. The first-order valence-electron chi connectivity index (χ1n) is 6.05. The number of benzene rings is 2. The Labute approximate surface area is 130 Å². The van der Waals surface area contributed by atoms with E-state index in [0.29, 0.717) is 15.2 Å². The summed E-state index contributed by atoms with van der Waals surface area (Å²) < 4.78 is 13.7. The third-order valence-electron chi connectivity index (χ3n) is 3.16. The Morgan fingerprint density at radius 3 is 2.60 bits per heavy atom. The van der Waals surface area contributed by atoms with Gasteiger partial charge in [0.1, 0.15) is 5.82 Å². The van der Waals surface area contributed by atoms with E-state index in [2.05, 4.69) is 21.2 Å². The lowest BCUT2D eigenvalue weighted by Gasteiger charge is -2.31. The number of hydrogen-bond acceptors (Lipinski definition) is 2. The van der Waals surface area contributed by atoms with Crippen molar-refractivity contribution in [2.75, 3.05) is 11.9 Å². The monoisotopic (exact) mass is 357 g/mol. The molecule has 5 heteroatoms. The van der Waals surface area contributed by atoms with Crippen molar-refractivity contribution in [3.05, 3.63) is 63.3 Å². The van der Waals surface area contributed by atoms with E-state index in [1.165, 1.54) is 6.07 Å². The zero-order valence-electron chi connectivity index (χ0n) is 10.8. The second-order valence-electron chi connectivity index (χ2n) is 4.72. The topological polar surface area (TPSA) is 32.3 Å². The molecule has 2 aromatic rings. The van der Waals surface area contributed by atoms with Gasteiger partial charge >= 0.3 is 0 Å². The molecule has 0 spiro atoms. The molecular weight excluding hydrogens is 345 g/mol. The zero-order chi connectivity index (χ0) is 14.8. The van der Waals surface area contributed by atoms with Gasteiger partial charge < -0.3 is 10.4 Å². The summed E-state index contributed by atoms with van der Waals surface area (Å²) in [7, 11) is 0. The van der Waals surface area contributed by atoms with Crippen LogP contribution in [0, 0.1) is 5.82 Å². The van der Waals surface area contributed by atoms with Gasteiger partial charge in [-0.1, -0.05) is 29.8 Å². The molecule has 0 fully saturated rings. The standard InChI is InChI=1S/C15H14BrClFNO/c1-15(9-20,10-6-7-13(18)11(16)8-10)19-14-5-3-2-4-12(14)17/h2-8,19-20H,9H2,1H3. The molecule has 0 radical (unpaired) electrons. The van der Waals surface area contributed by atoms with Crippen molar-refractivity contribution in [1.29, 1.82) is 0 Å². The van der Waals surface area contributed by atoms with Crippen LogP contribution in [0.5, 0.6) is 0 Å². The number of hydrogen-bond donors (Lipinski definition) is 2. The Morgan fingerprint density at radius 1 is 1.30 bits per heavy atom. The lowest BCUT2D eigenvalue weighted by molar-refractivity contribution is 0.224. The van der Waals surface area contributed by atoms with Gasteiger partial charge in [-0.2, -0.15) is 0 Å². The fraction of sp³-hybridized carbons (Fsp3) is 0.200. The molecule has 0 aliphatic rings. The molecule has 106 valence electrons. The van der Waals surface area contributed by atoms with Gasteiger partial charge in [-0.3, -0.25) is 0 Å². The highest BCUT2D eigenvalue weighted by Crippen LogP contribution is 2.31. The maximum atomic E-state index is 13.3. The number of para-hydroxylation sites is 1. The van der Waals surface area contributed by atoms with E-state index >= 15 is 0 Å². The summed E-state index contributed by atoms with van der Waals surface area (Å²) in [6, 6.07) is 11.9. The number of aliphatic hydroxyl groups excluding tert-OH is 1. The Kier molecular flexibility index (Phi) is 4.68. The lowest BCUT2D eigenvalue weighted by atomic mass is 9.92. The molecule has 1 atom stereocenters. The molecule has 0 amide bonds. The van der Waals surface area contributed by atoms with Crippen LogP contribution >= 0.6 is 27.5 Å². The van der Waals surface area contributed by atoms with E-state index in [9.17, 15) is 9.50 Å². The van der Waals surface area contributed by atoms with Gasteiger partial charge in [0, 0.05) is 0 Å². The van der Waals surface area contributed by atoms with Gasteiger partial charge in [-0.15, -0.1) is 0 Å². The molecule has 2 nitrogen and oxygen atoms in total. The molecule has 0 heterocycles. The van der Waals surface area contributed by atoms with E-state index in [1.54, 1.807) is 18.2 Å². The van der Waals surface area contributed by atoms with Crippen molar-refractivity contribution < 1.29 is 9.50 Å². The lowest BCUT2D eigenvalue weighted by Crippen LogP contribution is -2.36. The maximum absolute atomic E-state index is 13.3. The third kappa shape index (κ3) is 3.14. The minimum Gasteiger partial charge on any atom is -0.394 e. The summed E-state index contributed by atoms with van der Waals surface area (Å²) in [4.78, 5) is 0. The second-order valence-corrected chi connectivity index (χ2v) is 5.99. The first-order chi connectivity index (χ1) is 9.46. The average molecular weight is 359 g/mol. The first-order valence-corrected chi connectivity index (χ1v) is 7.22. The van der Waals surface area contributed by atoms with Crippen LogP contribution in [-0.4, -0.2) is 11.7 Å². The first kappa shape index (κ1) is 15.3. The zero-order valence-corrected chi connectivity index (χ0v) is 13.2. The van der Waals surface area contributed by atoms with Crippen LogP contribution < -0.4 is 5.32 Å². The van der Waals surface area contributed by atoms with Gasteiger partial charge in [0.2, 0.25) is 0 Å². The van der Waals surface area contributed by atoms with E-state index < -0.39 is 5.54 Å². The molecule has 0 aliphatic carbocycles. The maximum Gasteiger partial charge on any atom is 0.137 e. The summed E-state index contributed by atoms with van der Waals surface area (Å²) in [5.41, 5.74) is 0.709. The van der Waals surface area contributed by atoms with Crippen molar-refractivity contribution in [2.24, 2.45) is 0 Å². The fourth-order valence-electron chi connectivity index (χ4n) is 1.90. The van der Waals surface area contributed by atoms with Crippen LogP contribution in [0.1, 0.15) is 12.5 Å². The van der Waals surface area contributed by atoms with Crippen molar-refractivity contribution in [2.45, 2.75) is 12.5 Å². The van der Waals surface area contributed by atoms with E-state index in [-0.39, 0.29) is 12.4 Å². The number of rotatable bonds is 4. The average Bonchev–Trinajstić information content (AvgIpc) is 2.44. The minimum atomic E-state index is -0.763. The Hall–Kier alpha value is -1.10. The Bertz CT molecular complexity index is 623. The molecule has 0 saturated heterocycles. The van der Waals surface area contributed by atoms with Crippen LogP contribution in [0.25, 0.3) is 0 Å². The third-order valence-corrected chi connectivity index (χ3v) is 4.09. The van der Waals surface area contributed by atoms with E-state index in [0.717, 1.165) is 5.56 Å². The fourth-order valence-corrected chi connectivity index (χ4v) is 2.46. The molecule has 0 saturated carbocycles. The van der Waals surface area contributed by atoms with Crippen LogP contribution in [0.2, 0.25) is 5.02 Å². The normalized spacial score (nSPS) is 13.8. The van der Waals surface area contributed by atoms with Gasteiger partial charge in [0.15, 0.2) is 0 Å². The number of anilines is 1. The van der Waals surface area contributed by atoms with Gasteiger partial charge in [0.25, 0.3) is 0 Å². The highest BCUT2D eigenvalue weighted by atomic mass is 79.9. The summed E-state index contributed by atoms with van der Waals surface area (Å²) in [6.07, 6.45) is 0. The number of aliphatic hydroxyl groups is 1. The van der Waals surface area contributed by atoms with Crippen molar-refractivity contribution in [3.63, 3.8) is 0 Å². The second kappa shape index (κ2) is 6.12. The van der Waals surface area contributed by atoms with Gasteiger partial charge in [-0.05, 0) is 52.7 Å². The Morgan fingerprint density at radius 2 is 2.00 bits per heavy atom. The quantitative estimate of drug-likeness (QED) is 0.839. The SMILES string of the molecule is CC(CO)(Nc1ccccc1Cl)c1ccc(F)c(Br)c1. The summed E-state index contributed by atoms with van der Waals surface area (Å²) >= 11 is 9.27. The number of nitrogens with one attached hydrogen (secondary N) is 1. The number of halogens is 3. The highest BCUT2D eigenvalue weighted by molar-refractivity contribution is 9.10. The molecule has 2 N–H and O–H groups in total. The summed E-state index contributed by atoms with van der Waals surface area (Å²) in [5.74, 6) is -0.341. The molecule has 0 bridgehead atoms. The largest absolute Gasteiger partial charge is 0.394 e. The highest BCUT2D eigenvalue weighted by Gasteiger charge is 2.27. The molecule has 2 rings (SSSR count). The van der Waals surface area contributed by atoms with E-state index in [4.69, 9.17) is 11.6 Å². The molecule has 0 aliphatic heterocycles. The van der Waals surface area contributed by atoms with Crippen LogP contribution in [0.3, 0.4) is 0 Å². The predicted molar refractivity (Wildman–Crippen MR) is 83.6 cm³/mol. The van der Waals surface area contributed by atoms with Crippen molar-refractivity contribution >= 4 is 33.2 Å². The van der Waals surface area contributed by atoms with Crippen LogP contribution in [0.4, 0.5) is 10.1 Å². The van der Waals surface area contributed by atoms with E-state index in [1.807, 2.05) is 25.1 Å². The van der Waals surface area contributed by atoms with Crippen molar-refractivity contribution in [1.82, 2.24) is 0 Å². The smallest absolute Gasteiger partial charge is 0.137 e. The van der Waals surface area contributed by atoms with Gasteiger partial charge in [-0.25, -0.2) is 4.39 Å². The van der Waals surface area contributed by atoms with Crippen LogP contribution in [-0.2, 0) is 5.54 Å². The summed E-state index contributed by atoms with van der Waals surface area (Å²) in [6.45, 7) is 1.67. The molecule has 2 aromatic carbocycles. The van der Waals surface area contributed by atoms with Crippen molar-refractivity contribution in [3.8, 4) is 0 Å². The van der Waals surface area contributed by atoms with Crippen LogP contribution in [0.15, 0.2) is 46.9 Å². The minimum absolute atomic E-state index is 0.156. The molecule has 20 heavy (non-hydrogen) atoms. The molecule has 0 aromatic heterocycles. The molecule has 1 unspecified atom stereocenters. The molecular formula is C15H14BrClFNO. The summed E-state index contributed by atoms with van der Waals surface area (Å²) in [5, 5.41) is 13.5. The van der Waals surface area contributed by atoms with Gasteiger partial charge in [0.05, 0.1) is 27.3 Å². The predicted octanol–water partition coefficient (Wildman–Crippen LogP) is 4.56.